The van der Waals surface area contributed by atoms with Crippen molar-refractivity contribution < 1.29 is 23.7 Å². The molecule has 0 radical (unpaired) electrons. The number of methoxy groups -OCH3 is 1. The number of ether oxygens (including phenoxy) is 4. The van der Waals surface area contributed by atoms with E-state index in [1.54, 1.807) is 13.2 Å². The van der Waals surface area contributed by atoms with Gasteiger partial charge < -0.3 is 24.7 Å². The van der Waals surface area contributed by atoms with E-state index < -0.39 is 5.97 Å². The van der Waals surface area contributed by atoms with Gasteiger partial charge in [0.05, 0.1) is 18.5 Å². The molecule has 33 heavy (non-hydrogen) atoms. The monoisotopic (exact) mass is 449 g/mol. The van der Waals surface area contributed by atoms with Crippen LogP contribution in [0.25, 0.3) is 22.4 Å². The third-order valence-electron chi connectivity index (χ3n) is 5.35. The van der Waals surface area contributed by atoms with Gasteiger partial charge in [0.15, 0.2) is 11.5 Å². The first-order chi connectivity index (χ1) is 15.9. The van der Waals surface area contributed by atoms with Crippen molar-refractivity contribution in [2.75, 3.05) is 26.1 Å². The van der Waals surface area contributed by atoms with Gasteiger partial charge in [0.2, 0.25) is 5.95 Å². The predicted octanol–water partition coefficient (Wildman–Crippen LogP) is 4.36. The predicted molar refractivity (Wildman–Crippen MR) is 125 cm³/mol. The molecule has 0 aliphatic carbocycles. The van der Waals surface area contributed by atoms with Crippen LogP contribution in [-0.4, -0.2) is 36.3 Å². The van der Waals surface area contributed by atoms with Gasteiger partial charge in [-0.3, -0.25) is 4.79 Å². The molecule has 2 heterocycles. The van der Waals surface area contributed by atoms with E-state index in [1.165, 1.54) is 6.92 Å². The first kappa shape index (κ1) is 22.4. The number of carbonyl (C=O) groups is 1. The highest BCUT2D eigenvalue weighted by Gasteiger charge is 2.23. The van der Waals surface area contributed by atoms with E-state index in [0.717, 1.165) is 29.5 Å². The van der Waals surface area contributed by atoms with Crippen molar-refractivity contribution in [3.05, 3.63) is 41.6 Å². The molecule has 1 aliphatic heterocycles. The largest absolute Gasteiger partial charge is 0.496 e. The van der Waals surface area contributed by atoms with E-state index in [9.17, 15) is 4.79 Å². The Morgan fingerprint density at radius 3 is 2.55 bits per heavy atom. The zero-order valence-electron chi connectivity index (χ0n) is 19.2. The lowest BCUT2D eigenvalue weighted by molar-refractivity contribution is -0.131. The molecule has 3 aromatic rings. The minimum absolute atomic E-state index is 0.130. The van der Waals surface area contributed by atoms with Gasteiger partial charge >= 0.3 is 5.97 Å². The van der Waals surface area contributed by atoms with E-state index in [2.05, 4.69) is 16.9 Å². The molecule has 4 rings (SSSR count). The fourth-order valence-corrected chi connectivity index (χ4v) is 4.02. The van der Waals surface area contributed by atoms with Crippen molar-refractivity contribution in [2.45, 2.75) is 33.6 Å². The number of nitrogens with zero attached hydrogens (tertiary/aromatic N) is 2. The van der Waals surface area contributed by atoms with Crippen LogP contribution in [0.3, 0.4) is 0 Å². The van der Waals surface area contributed by atoms with E-state index in [1.807, 2.05) is 31.2 Å². The van der Waals surface area contributed by atoms with E-state index in [4.69, 9.17) is 24.7 Å². The van der Waals surface area contributed by atoms with E-state index >= 15 is 0 Å². The SMILES string of the molecule is CCCc1cc(-c2nc(N)nc(C)c2-c2ccc3c(c2)OCCO3)c(OC(C)=O)cc1OC. The molecule has 0 atom stereocenters. The fourth-order valence-electron chi connectivity index (χ4n) is 4.02. The van der Waals surface area contributed by atoms with Crippen LogP contribution < -0.4 is 24.7 Å². The number of nitrogen functional groups attached to an aromatic ring is 1. The van der Waals surface area contributed by atoms with Gasteiger partial charge in [-0.25, -0.2) is 9.97 Å². The number of aryl methyl sites for hydroxylation is 2. The molecule has 0 fully saturated rings. The second-order valence-corrected chi connectivity index (χ2v) is 7.75. The Hall–Kier alpha value is -3.81. The van der Waals surface area contributed by atoms with Crippen LogP contribution in [0.2, 0.25) is 0 Å². The zero-order chi connectivity index (χ0) is 23.5. The molecule has 0 unspecified atom stereocenters. The number of aromatic nitrogens is 2. The van der Waals surface area contributed by atoms with Crippen LogP contribution in [0.15, 0.2) is 30.3 Å². The number of esters is 1. The molecule has 1 aliphatic rings. The number of anilines is 1. The lowest BCUT2D eigenvalue weighted by atomic mass is 9.94. The van der Waals surface area contributed by atoms with Crippen LogP contribution in [-0.2, 0) is 11.2 Å². The molecule has 0 saturated heterocycles. The highest BCUT2D eigenvalue weighted by molar-refractivity contribution is 5.88. The highest BCUT2D eigenvalue weighted by atomic mass is 16.6. The molecular formula is C25H27N3O5. The number of benzene rings is 2. The second-order valence-electron chi connectivity index (χ2n) is 7.75. The Morgan fingerprint density at radius 1 is 1.09 bits per heavy atom. The number of fused-ring (bicyclic) bond motifs is 1. The van der Waals surface area contributed by atoms with Crippen LogP contribution in [0.5, 0.6) is 23.0 Å². The Labute approximate surface area is 192 Å². The third-order valence-corrected chi connectivity index (χ3v) is 5.35. The first-order valence-electron chi connectivity index (χ1n) is 10.8. The molecule has 2 N–H and O–H groups in total. The first-order valence-corrected chi connectivity index (χ1v) is 10.8. The summed E-state index contributed by atoms with van der Waals surface area (Å²) < 4.78 is 22.6. The van der Waals surface area contributed by atoms with E-state index in [0.29, 0.717) is 53.2 Å². The smallest absolute Gasteiger partial charge is 0.308 e. The van der Waals surface area contributed by atoms with Crippen LogP contribution in [0.1, 0.15) is 31.5 Å². The maximum Gasteiger partial charge on any atom is 0.308 e. The van der Waals surface area contributed by atoms with Gasteiger partial charge in [-0.1, -0.05) is 19.4 Å². The molecule has 2 aromatic carbocycles. The Kier molecular flexibility index (Phi) is 6.35. The summed E-state index contributed by atoms with van der Waals surface area (Å²) >= 11 is 0. The molecular weight excluding hydrogens is 422 g/mol. The highest BCUT2D eigenvalue weighted by Crippen LogP contribution is 2.43. The van der Waals surface area contributed by atoms with E-state index in [-0.39, 0.29) is 5.95 Å². The number of rotatable bonds is 6. The van der Waals surface area contributed by atoms with Gasteiger partial charge in [-0.05, 0) is 42.7 Å². The van der Waals surface area contributed by atoms with Crippen molar-refractivity contribution in [1.29, 1.82) is 0 Å². The summed E-state index contributed by atoms with van der Waals surface area (Å²) in [4.78, 5) is 20.9. The van der Waals surface area contributed by atoms with Crippen molar-refractivity contribution in [3.63, 3.8) is 0 Å². The van der Waals surface area contributed by atoms with Crippen molar-refractivity contribution in [3.8, 4) is 45.4 Å². The molecule has 8 heteroatoms. The maximum absolute atomic E-state index is 11.9. The maximum atomic E-state index is 11.9. The lowest BCUT2D eigenvalue weighted by Crippen LogP contribution is -2.15. The third kappa shape index (κ3) is 4.55. The molecule has 1 aromatic heterocycles. The molecule has 8 nitrogen and oxygen atoms in total. The minimum Gasteiger partial charge on any atom is -0.496 e. The second kappa shape index (κ2) is 9.36. The summed E-state index contributed by atoms with van der Waals surface area (Å²) in [5.41, 5.74) is 10.5. The average molecular weight is 450 g/mol. The number of carbonyl (C=O) groups excluding carboxylic acids is 1. The fraction of sp³-hybridized carbons (Fsp3) is 0.320. The number of hydrogen-bond acceptors (Lipinski definition) is 8. The summed E-state index contributed by atoms with van der Waals surface area (Å²) in [7, 11) is 1.60. The van der Waals surface area contributed by atoms with Gasteiger partial charge in [-0.15, -0.1) is 0 Å². The van der Waals surface area contributed by atoms with Gasteiger partial charge in [0.1, 0.15) is 24.7 Å². The quantitative estimate of drug-likeness (QED) is 0.437. The Morgan fingerprint density at radius 2 is 1.85 bits per heavy atom. The molecule has 0 amide bonds. The standard InChI is InChI=1S/C25H27N3O5/c1-5-6-16-11-18(21(33-15(3)29)13-20(16)30-4)24-23(14(2)27-25(26)28-24)17-7-8-19-22(12-17)32-10-9-31-19/h7-8,11-13H,5-6,9-10H2,1-4H3,(H2,26,27,28). The normalized spacial score (nSPS) is 12.4. The van der Waals surface area contributed by atoms with Crippen LogP contribution in [0.4, 0.5) is 5.95 Å². The van der Waals surface area contributed by atoms with Crippen molar-refractivity contribution in [1.82, 2.24) is 9.97 Å². The summed E-state index contributed by atoms with van der Waals surface area (Å²) in [6, 6.07) is 9.38. The minimum atomic E-state index is -0.443. The summed E-state index contributed by atoms with van der Waals surface area (Å²) in [5, 5.41) is 0. The van der Waals surface area contributed by atoms with Gasteiger partial charge in [0.25, 0.3) is 0 Å². The lowest BCUT2D eigenvalue weighted by Gasteiger charge is -2.21. The average Bonchev–Trinajstić information content (AvgIpc) is 2.78. The van der Waals surface area contributed by atoms with Crippen molar-refractivity contribution in [2.24, 2.45) is 0 Å². The van der Waals surface area contributed by atoms with Crippen molar-refractivity contribution >= 4 is 11.9 Å². The number of hydrogen-bond donors (Lipinski definition) is 1. The summed E-state index contributed by atoms with van der Waals surface area (Å²) in [6.07, 6.45) is 1.71. The summed E-state index contributed by atoms with van der Waals surface area (Å²) in [6.45, 7) is 6.31. The Balaban J connectivity index is 1.97. The molecule has 172 valence electrons. The molecule has 0 saturated carbocycles. The van der Waals surface area contributed by atoms with Gasteiger partial charge in [-0.2, -0.15) is 0 Å². The molecule has 0 bridgehead atoms. The topological polar surface area (TPSA) is 106 Å². The van der Waals surface area contributed by atoms with Crippen LogP contribution in [0, 0.1) is 6.92 Å². The molecule has 0 spiro atoms. The van der Waals surface area contributed by atoms with Crippen LogP contribution >= 0.6 is 0 Å². The summed E-state index contributed by atoms with van der Waals surface area (Å²) in [5.74, 6) is 2.02. The van der Waals surface area contributed by atoms with Gasteiger partial charge in [0, 0.05) is 24.1 Å². The zero-order valence-corrected chi connectivity index (χ0v) is 19.2. The Bertz CT molecular complexity index is 1210. The number of nitrogens with two attached hydrogens (primary N) is 1.